The van der Waals surface area contributed by atoms with E-state index >= 15 is 0 Å². The van der Waals surface area contributed by atoms with Crippen molar-refractivity contribution in [1.29, 1.82) is 0 Å². The molecule has 0 unspecified atom stereocenters. The molecule has 0 heterocycles. The first kappa shape index (κ1) is 23.9. The van der Waals surface area contributed by atoms with Crippen LogP contribution in [0.15, 0.2) is 97.6 Å². The third-order valence-electron chi connectivity index (χ3n) is 5.16. The zero-order valence-electron chi connectivity index (χ0n) is 18.1. The summed E-state index contributed by atoms with van der Waals surface area (Å²) in [7, 11) is 0. The van der Waals surface area contributed by atoms with Crippen molar-refractivity contribution in [3.63, 3.8) is 0 Å². The van der Waals surface area contributed by atoms with Crippen molar-refractivity contribution >= 4 is 11.9 Å². The predicted octanol–water partition coefficient (Wildman–Crippen LogP) is 5.95. The van der Waals surface area contributed by atoms with E-state index < -0.39 is 17.4 Å². The topological polar surface area (TPSA) is 52.6 Å². The van der Waals surface area contributed by atoms with Gasteiger partial charge in [-0.05, 0) is 37.3 Å². The maximum atomic E-state index is 13.2. The maximum Gasteiger partial charge on any atom is 0.324 e. The molecule has 0 saturated carbocycles. The fourth-order valence-electron chi connectivity index (χ4n) is 3.10. The van der Waals surface area contributed by atoms with Crippen LogP contribution in [0.5, 0.6) is 0 Å². The van der Waals surface area contributed by atoms with Crippen LogP contribution in [-0.4, -0.2) is 11.9 Å². The molecular formula is C27H30O4. The van der Waals surface area contributed by atoms with Crippen LogP contribution in [0.25, 0.3) is 0 Å². The summed E-state index contributed by atoms with van der Waals surface area (Å²) in [6.07, 6.45) is 2.28. The molecule has 0 bridgehead atoms. The highest BCUT2D eigenvalue weighted by molar-refractivity contribution is 6.00. The van der Waals surface area contributed by atoms with Crippen molar-refractivity contribution in [3.05, 3.63) is 109 Å². The van der Waals surface area contributed by atoms with Crippen LogP contribution >= 0.6 is 0 Å². The second-order valence-electron chi connectivity index (χ2n) is 7.58. The molecule has 0 fully saturated rings. The van der Waals surface area contributed by atoms with E-state index in [0.717, 1.165) is 22.3 Å². The van der Waals surface area contributed by atoms with Gasteiger partial charge in [-0.2, -0.15) is 0 Å². The number of ether oxygens (including phenoxy) is 2. The molecule has 4 heteroatoms. The Morgan fingerprint density at radius 2 is 1.32 bits per heavy atom. The third kappa shape index (κ3) is 6.82. The molecule has 2 aromatic carbocycles. The fourth-order valence-corrected chi connectivity index (χ4v) is 3.10. The van der Waals surface area contributed by atoms with E-state index in [1.54, 1.807) is 6.08 Å². The van der Waals surface area contributed by atoms with Gasteiger partial charge in [-0.15, -0.1) is 6.58 Å². The SMILES string of the molecule is C=CCC(CCC(=C)C(=C)C)(C(=O)OCc1ccccc1)C(=O)OCc1ccccc1. The van der Waals surface area contributed by atoms with E-state index in [4.69, 9.17) is 9.47 Å². The summed E-state index contributed by atoms with van der Waals surface area (Å²) in [5.41, 5.74) is 1.77. The van der Waals surface area contributed by atoms with Gasteiger partial charge in [0.15, 0.2) is 5.41 Å². The Hall–Kier alpha value is -3.40. The van der Waals surface area contributed by atoms with Gasteiger partial charge in [0.1, 0.15) is 13.2 Å². The van der Waals surface area contributed by atoms with Crippen molar-refractivity contribution < 1.29 is 19.1 Å². The molecule has 0 aromatic heterocycles. The Bertz CT molecular complexity index is 857. The maximum absolute atomic E-state index is 13.2. The summed E-state index contributed by atoms with van der Waals surface area (Å²) in [6, 6.07) is 18.7. The fraction of sp³-hybridized carbons (Fsp3) is 0.259. The summed E-state index contributed by atoms with van der Waals surface area (Å²) in [6.45, 7) is 13.6. The highest BCUT2D eigenvalue weighted by Gasteiger charge is 2.47. The third-order valence-corrected chi connectivity index (χ3v) is 5.16. The minimum atomic E-state index is -1.50. The number of esters is 2. The smallest absolute Gasteiger partial charge is 0.324 e. The normalized spacial score (nSPS) is 10.7. The second kappa shape index (κ2) is 11.7. The van der Waals surface area contributed by atoms with Crippen molar-refractivity contribution in [1.82, 2.24) is 0 Å². The van der Waals surface area contributed by atoms with Crippen LogP contribution < -0.4 is 0 Å². The Balaban J connectivity index is 2.23. The zero-order chi connectivity index (χ0) is 22.7. The van der Waals surface area contributed by atoms with Crippen LogP contribution in [0, 0.1) is 5.41 Å². The second-order valence-corrected chi connectivity index (χ2v) is 7.58. The number of benzene rings is 2. The molecule has 0 radical (unpaired) electrons. The standard InChI is InChI=1S/C27H30O4/c1-5-17-27(18-16-22(4)21(2)3,25(28)30-19-23-12-8-6-9-13-23)26(29)31-20-24-14-10-7-11-15-24/h5-15H,1-2,4,16-20H2,3H3. The Morgan fingerprint density at radius 1 is 0.871 bits per heavy atom. The van der Waals surface area contributed by atoms with Crippen molar-refractivity contribution in [2.45, 2.75) is 39.4 Å². The summed E-state index contributed by atoms with van der Waals surface area (Å²) >= 11 is 0. The van der Waals surface area contributed by atoms with E-state index in [9.17, 15) is 9.59 Å². The number of hydrogen-bond donors (Lipinski definition) is 0. The number of hydrogen-bond acceptors (Lipinski definition) is 4. The van der Waals surface area contributed by atoms with Crippen LogP contribution in [0.2, 0.25) is 0 Å². The molecule has 0 saturated heterocycles. The average molecular weight is 419 g/mol. The van der Waals surface area contributed by atoms with Crippen LogP contribution in [-0.2, 0) is 32.3 Å². The summed E-state index contributed by atoms with van der Waals surface area (Å²) in [5.74, 6) is -1.24. The van der Waals surface area contributed by atoms with Crippen molar-refractivity contribution in [2.75, 3.05) is 0 Å². The zero-order valence-corrected chi connectivity index (χ0v) is 18.1. The van der Waals surface area contributed by atoms with Gasteiger partial charge >= 0.3 is 11.9 Å². The van der Waals surface area contributed by atoms with E-state index in [-0.39, 0.29) is 26.1 Å². The minimum Gasteiger partial charge on any atom is -0.460 e. The van der Waals surface area contributed by atoms with E-state index in [2.05, 4.69) is 19.7 Å². The molecule has 0 atom stereocenters. The van der Waals surface area contributed by atoms with Gasteiger partial charge in [-0.25, -0.2) is 0 Å². The van der Waals surface area contributed by atoms with Gasteiger partial charge in [0, 0.05) is 0 Å². The van der Waals surface area contributed by atoms with Crippen molar-refractivity contribution in [3.8, 4) is 0 Å². The lowest BCUT2D eigenvalue weighted by Gasteiger charge is -2.29. The van der Waals surface area contributed by atoms with Gasteiger partial charge in [-0.1, -0.05) is 91.0 Å². The minimum absolute atomic E-state index is 0.0754. The largest absolute Gasteiger partial charge is 0.460 e. The monoisotopic (exact) mass is 418 g/mol. The lowest BCUT2D eigenvalue weighted by atomic mass is 9.78. The van der Waals surface area contributed by atoms with E-state index in [0.29, 0.717) is 6.42 Å². The number of rotatable bonds is 12. The lowest BCUT2D eigenvalue weighted by molar-refractivity contribution is -0.174. The molecule has 0 N–H and O–H groups in total. The molecule has 0 aliphatic carbocycles. The summed E-state index contributed by atoms with van der Waals surface area (Å²) in [4.78, 5) is 26.5. The molecular weight excluding hydrogens is 388 g/mol. The highest BCUT2D eigenvalue weighted by Crippen LogP contribution is 2.35. The van der Waals surface area contributed by atoms with Crippen molar-refractivity contribution in [2.24, 2.45) is 5.41 Å². The number of carbonyl (C=O) groups is 2. The first-order valence-electron chi connectivity index (χ1n) is 10.3. The van der Waals surface area contributed by atoms with Crippen LogP contribution in [0.3, 0.4) is 0 Å². The molecule has 31 heavy (non-hydrogen) atoms. The molecule has 0 aliphatic heterocycles. The van der Waals surface area contributed by atoms with Gasteiger partial charge in [0.05, 0.1) is 0 Å². The Labute approximate surface area is 184 Å². The first-order chi connectivity index (χ1) is 14.9. The molecule has 0 amide bonds. The molecule has 2 aromatic rings. The number of allylic oxidation sites excluding steroid dienone is 3. The molecule has 0 spiro atoms. The lowest BCUT2D eigenvalue weighted by Crippen LogP contribution is -2.42. The number of carbonyl (C=O) groups excluding carboxylic acids is 2. The summed E-state index contributed by atoms with van der Waals surface area (Å²) < 4.78 is 11.1. The Morgan fingerprint density at radius 3 is 1.71 bits per heavy atom. The molecule has 2 rings (SSSR count). The quantitative estimate of drug-likeness (QED) is 0.185. The molecule has 0 aliphatic rings. The summed E-state index contributed by atoms with van der Waals surface area (Å²) in [5, 5.41) is 0. The van der Waals surface area contributed by atoms with Gasteiger partial charge in [0.2, 0.25) is 0 Å². The first-order valence-corrected chi connectivity index (χ1v) is 10.3. The van der Waals surface area contributed by atoms with E-state index in [1.165, 1.54) is 0 Å². The van der Waals surface area contributed by atoms with Gasteiger partial charge in [-0.3, -0.25) is 9.59 Å². The van der Waals surface area contributed by atoms with Crippen LogP contribution in [0.1, 0.15) is 37.3 Å². The predicted molar refractivity (Wildman–Crippen MR) is 123 cm³/mol. The Kier molecular flexibility index (Phi) is 9.01. The van der Waals surface area contributed by atoms with Crippen LogP contribution in [0.4, 0.5) is 0 Å². The van der Waals surface area contributed by atoms with Gasteiger partial charge < -0.3 is 9.47 Å². The highest BCUT2D eigenvalue weighted by atomic mass is 16.6. The van der Waals surface area contributed by atoms with Gasteiger partial charge in [0.25, 0.3) is 0 Å². The molecule has 162 valence electrons. The molecule has 4 nitrogen and oxygen atoms in total. The van der Waals surface area contributed by atoms with E-state index in [1.807, 2.05) is 67.6 Å². The average Bonchev–Trinajstić information content (AvgIpc) is 2.79.